The van der Waals surface area contributed by atoms with Gasteiger partial charge in [0.25, 0.3) is 0 Å². The highest BCUT2D eigenvalue weighted by molar-refractivity contribution is 5.78. The van der Waals surface area contributed by atoms with Crippen LogP contribution in [0.3, 0.4) is 0 Å². The van der Waals surface area contributed by atoms with Gasteiger partial charge in [0.05, 0.1) is 35.9 Å². The molecule has 48 heavy (non-hydrogen) atoms. The molecule has 1 saturated heterocycles. The largest absolute Gasteiger partial charge is 0.432 e. The van der Waals surface area contributed by atoms with E-state index >= 15 is 0 Å². The monoisotopic (exact) mass is 686 g/mol. The molecule has 0 amide bonds. The van der Waals surface area contributed by atoms with Crippen molar-refractivity contribution in [3.8, 4) is 0 Å². The molecule has 12 nitrogen and oxygen atoms in total. The molecule has 4 saturated carbocycles. The number of fused-ring (bicyclic) bond motifs is 5. The highest BCUT2D eigenvalue weighted by Gasteiger charge is 2.71. The molecule has 0 aromatic heterocycles. The van der Waals surface area contributed by atoms with Gasteiger partial charge in [-0.05, 0) is 106 Å². The summed E-state index contributed by atoms with van der Waals surface area (Å²) in [5.74, 6) is -0.623. The predicted molar refractivity (Wildman–Crippen MR) is 173 cm³/mol. The number of esters is 1. The van der Waals surface area contributed by atoms with Crippen molar-refractivity contribution in [1.29, 1.82) is 0 Å². The van der Waals surface area contributed by atoms with E-state index in [0.29, 0.717) is 12.8 Å². The van der Waals surface area contributed by atoms with Crippen molar-refractivity contribution >= 4 is 5.97 Å². The van der Waals surface area contributed by atoms with Gasteiger partial charge >= 0.3 is 5.97 Å². The van der Waals surface area contributed by atoms with Crippen LogP contribution in [0.1, 0.15) is 99.8 Å². The third kappa shape index (κ3) is 5.60. The van der Waals surface area contributed by atoms with Crippen LogP contribution >= 0.6 is 0 Å². The molecule has 4 aliphatic carbocycles. The summed E-state index contributed by atoms with van der Waals surface area (Å²) < 4.78 is 11.1. The number of aliphatic hydroxyl groups excluding tert-OH is 8. The van der Waals surface area contributed by atoms with Gasteiger partial charge in [0.2, 0.25) is 6.29 Å². The minimum absolute atomic E-state index is 0.0361. The number of aliphatic hydroxyl groups is 9. The van der Waals surface area contributed by atoms with Crippen LogP contribution in [0.25, 0.3) is 0 Å². The highest BCUT2D eigenvalue weighted by atomic mass is 16.7. The van der Waals surface area contributed by atoms with Crippen molar-refractivity contribution in [2.24, 2.45) is 51.2 Å². The fourth-order valence-corrected chi connectivity index (χ4v) is 11.9. The molecule has 9 N–H and O–H groups in total. The molecule has 278 valence electrons. The molecule has 12 heteroatoms. The fourth-order valence-electron chi connectivity index (χ4n) is 11.9. The standard InChI is InChI=1S/C36H62O12/c1-17(14-21(38)29(44)32(2,3)46)18-10-12-34(5)19-8-9-23-35(6,20(19)11-13-33(18,34)4)24(39)15-25(40)36(23,7)31(45)48-30-28(43)27(42)26(41)22(16-37)47-30/h17-30,37-44,46H,8-16H2,1-7H3/t17-,18+,19+,20-,21-,22+,23-,24-,25+,26+,27-,28+,29+,30-,33+,34-,35+,36+/m1/s1. The first kappa shape index (κ1) is 38.3. The van der Waals surface area contributed by atoms with Gasteiger partial charge in [-0.15, -0.1) is 0 Å². The first-order valence-corrected chi connectivity index (χ1v) is 18.1. The molecule has 5 aliphatic rings. The molecule has 0 radical (unpaired) electrons. The Hall–Kier alpha value is -0.930. The smallest absolute Gasteiger partial charge is 0.317 e. The van der Waals surface area contributed by atoms with E-state index in [2.05, 4.69) is 20.8 Å². The van der Waals surface area contributed by atoms with E-state index < -0.39 is 90.0 Å². The lowest BCUT2D eigenvalue weighted by Gasteiger charge is -2.68. The number of hydrogen-bond acceptors (Lipinski definition) is 12. The molecule has 1 heterocycles. The highest BCUT2D eigenvalue weighted by Crippen LogP contribution is 2.74. The summed E-state index contributed by atoms with van der Waals surface area (Å²) in [6.07, 6.45) is -7.13. The van der Waals surface area contributed by atoms with E-state index in [1.54, 1.807) is 6.92 Å². The van der Waals surface area contributed by atoms with Crippen molar-refractivity contribution in [3.05, 3.63) is 0 Å². The first-order chi connectivity index (χ1) is 22.1. The van der Waals surface area contributed by atoms with Crippen molar-refractivity contribution in [2.45, 2.75) is 161 Å². The van der Waals surface area contributed by atoms with E-state index in [9.17, 15) is 50.8 Å². The van der Waals surface area contributed by atoms with Gasteiger partial charge in [-0.3, -0.25) is 4.79 Å². The number of rotatable bonds is 8. The van der Waals surface area contributed by atoms with E-state index in [1.807, 2.05) is 6.92 Å². The summed E-state index contributed by atoms with van der Waals surface area (Å²) in [6, 6.07) is 0. The Balaban J connectivity index is 1.39. The Morgan fingerprint density at radius 2 is 1.50 bits per heavy atom. The van der Waals surface area contributed by atoms with Crippen LogP contribution in [-0.2, 0) is 14.3 Å². The Kier molecular flexibility index (Phi) is 10.3. The summed E-state index contributed by atoms with van der Waals surface area (Å²) in [5.41, 5.74) is -3.79. The van der Waals surface area contributed by atoms with E-state index in [1.165, 1.54) is 13.8 Å². The summed E-state index contributed by atoms with van der Waals surface area (Å²) in [7, 11) is 0. The maximum absolute atomic E-state index is 14.1. The van der Waals surface area contributed by atoms with E-state index in [0.717, 1.165) is 32.1 Å². The predicted octanol–water partition coefficient (Wildman–Crippen LogP) is 0.845. The Morgan fingerprint density at radius 3 is 2.10 bits per heavy atom. The number of carbonyl (C=O) groups excluding carboxylic acids is 1. The lowest BCUT2D eigenvalue weighted by atomic mass is 9.37. The van der Waals surface area contributed by atoms with E-state index in [4.69, 9.17) is 9.47 Å². The molecule has 5 fully saturated rings. The van der Waals surface area contributed by atoms with Gasteiger partial charge in [0.15, 0.2) is 0 Å². The molecule has 0 aromatic carbocycles. The van der Waals surface area contributed by atoms with Gasteiger partial charge in [-0.2, -0.15) is 0 Å². The Labute approximate surface area is 284 Å². The Morgan fingerprint density at radius 1 is 0.875 bits per heavy atom. The lowest BCUT2D eigenvalue weighted by molar-refractivity contribution is -0.303. The van der Waals surface area contributed by atoms with E-state index in [-0.39, 0.29) is 40.9 Å². The summed E-state index contributed by atoms with van der Waals surface area (Å²) in [6.45, 7) is 12.9. The second kappa shape index (κ2) is 12.9. The number of hydrogen-bond donors (Lipinski definition) is 9. The van der Waals surface area contributed by atoms with Crippen LogP contribution in [-0.4, -0.2) is 119 Å². The molecular weight excluding hydrogens is 624 g/mol. The van der Waals surface area contributed by atoms with Gasteiger partial charge < -0.3 is 55.4 Å². The van der Waals surface area contributed by atoms with Gasteiger partial charge in [-0.1, -0.05) is 27.7 Å². The van der Waals surface area contributed by atoms with Crippen molar-refractivity contribution in [2.75, 3.05) is 6.61 Å². The van der Waals surface area contributed by atoms with Crippen molar-refractivity contribution < 1.29 is 60.2 Å². The summed E-state index contributed by atoms with van der Waals surface area (Å²) >= 11 is 0. The third-order valence-corrected chi connectivity index (χ3v) is 15.2. The first-order valence-electron chi connectivity index (χ1n) is 18.1. The molecule has 5 rings (SSSR count). The van der Waals surface area contributed by atoms with Gasteiger partial charge in [0, 0.05) is 11.8 Å². The lowest BCUT2D eigenvalue weighted by Crippen LogP contribution is -2.68. The van der Waals surface area contributed by atoms with Crippen LogP contribution in [0, 0.1) is 51.2 Å². The van der Waals surface area contributed by atoms with Crippen LogP contribution in [0.15, 0.2) is 0 Å². The molecule has 0 spiro atoms. The maximum Gasteiger partial charge on any atom is 0.317 e. The fraction of sp³-hybridized carbons (Fsp3) is 0.972. The summed E-state index contributed by atoms with van der Waals surface area (Å²) in [5, 5.41) is 95.6. The van der Waals surface area contributed by atoms with Crippen molar-refractivity contribution in [1.82, 2.24) is 0 Å². The third-order valence-electron chi connectivity index (χ3n) is 15.2. The maximum atomic E-state index is 14.1. The molecule has 1 aliphatic heterocycles. The number of carbonyl (C=O) groups is 1. The minimum atomic E-state index is -1.77. The second-order valence-electron chi connectivity index (χ2n) is 17.8. The molecule has 0 aromatic rings. The zero-order valence-corrected chi connectivity index (χ0v) is 29.7. The normalized spacial score (nSPS) is 51.2. The second-order valence-corrected chi connectivity index (χ2v) is 17.8. The van der Waals surface area contributed by atoms with Crippen LogP contribution in [0.5, 0.6) is 0 Å². The van der Waals surface area contributed by atoms with Crippen LogP contribution in [0.4, 0.5) is 0 Å². The topological polar surface area (TPSA) is 218 Å². The molecule has 0 unspecified atom stereocenters. The minimum Gasteiger partial charge on any atom is -0.432 e. The van der Waals surface area contributed by atoms with Crippen LogP contribution in [0.2, 0.25) is 0 Å². The average molecular weight is 687 g/mol. The van der Waals surface area contributed by atoms with Gasteiger partial charge in [-0.25, -0.2) is 0 Å². The molecule has 18 atom stereocenters. The SMILES string of the molecule is C[C@H](C[C@@H](O)[C@H](O)C(C)(C)O)[C@@H]1CC[C@]2(C)[C@H]3CC[C@H]4[C@](C)(C(=O)O[C@H]5O[C@@H](CO)[C@H](O)[C@@H](O)[C@@H]5O)[C@@H](O)C[C@@H](O)[C@@]4(C)[C@@H]3CC[C@@]12C. The molecule has 0 bridgehead atoms. The van der Waals surface area contributed by atoms with Crippen LogP contribution < -0.4 is 0 Å². The quantitative estimate of drug-likeness (QED) is 0.162. The van der Waals surface area contributed by atoms with Gasteiger partial charge in [0.1, 0.15) is 30.5 Å². The average Bonchev–Trinajstić information content (AvgIpc) is 3.30. The number of ether oxygens (including phenoxy) is 2. The zero-order chi connectivity index (χ0) is 35.9. The summed E-state index contributed by atoms with van der Waals surface area (Å²) in [4.78, 5) is 14.1. The van der Waals surface area contributed by atoms with Crippen molar-refractivity contribution in [3.63, 3.8) is 0 Å². The Bertz CT molecular complexity index is 1180. The molecular formula is C36H62O12. The zero-order valence-electron chi connectivity index (χ0n) is 29.7.